The van der Waals surface area contributed by atoms with Gasteiger partial charge in [0.2, 0.25) is 0 Å². The summed E-state index contributed by atoms with van der Waals surface area (Å²) < 4.78 is 5.54. The van der Waals surface area contributed by atoms with Crippen molar-refractivity contribution in [1.82, 2.24) is 5.32 Å². The molecule has 1 rings (SSSR count). The predicted octanol–water partition coefficient (Wildman–Crippen LogP) is 1.82. The number of hydrogen-bond acceptors (Lipinski definition) is 3. The smallest absolute Gasteiger partial charge is 0.119 e. The fourth-order valence-electron chi connectivity index (χ4n) is 1.32. The lowest BCUT2D eigenvalue weighted by Gasteiger charge is -2.09. The lowest BCUT2D eigenvalue weighted by atomic mass is 10.3. The molecule has 3 nitrogen and oxygen atoms in total. The van der Waals surface area contributed by atoms with Crippen molar-refractivity contribution in [2.24, 2.45) is 0 Å². The highest BCUT2D eigenvalue weighted by Crippen LogP contribution is 2.07. The van der Waals surface area contributed by atoms with Crippen LogP contribution in [-0.2, 0) is 0 Å². The maximum absolute atomic E-state index is 9.30. The molecule has 1 atom stereocenters. The minimum Gasteiger partial charge on any atom is -0.494 e. The summed E-state index contributed by atoms with van der Waals surface area (Å²) in [5.74, 6) is 0.913. The molecule has 1 aromatic carbocycles. The van der Waals surface area contributed by atoms with Gasteiger partial charge >= 0.3 is 0 Å². The van der Waals surface area contributed by atoms with Gasteiger partial charge in [0.05, 0.1) is 12.7 Å². The van der Waals surface area contributed by atoms with Crippen LogP contribution in [0.3, 0.4) is 0 Å². The first-order valence-electron chi connectivity index (χ1n) is 5.89. The molecule has 0 amide bonds. The zero-order valence-electron chi connectivity index (χ0n) is 9.86. The Balaban J connectivity index is 1.96. The van der Waals surface area contributed by atoms with E-state index in [1.807, 2.05) is 37.3 Å². The zero-order valence-corrected chi connectivity index (χ0v) is 9.86. The quantitative estimate of drug-likeness (QED) is 0.660. The first-order valence-corrected chi connectivity index (χ1v) is 5.89. The van der Waals surface area contributed by atoms with E-state index in [0.717, 1.165) is 25.1 Å². The van der Waals surface area contributed by atoms with Gasteiger partial charge in [0.15, 0.2) is 0 Å². The second-order valence-corrected chi connectivity index (χ2v) is 3.78. The number of benzene rings is 1. The first-order chi connectivity index (χ1) is 7.83. The minimum atomic E-state index is -0.227. The van der Waals surface area contributed by atoms with E-state index in [-0.39, 0.29) is 6.10 Å². The molecule has 0 aromatic heterocycles. The Morgan fingerprint density at radius 1 is 1.31 bits per heavy atom. The van der Waals surface area contributed by atoms with Crippen LogP contribution in [0.15, 0.2) is 30.3 Å². The van der Waals surface area contributed by atoms with Gasteiger partial charge in [0.25, 0.3) is 0 Å². The van der Waals surface area contributed by atoms with Crippen LogP contribution in [0.2, 0.25) is 0 Å². The summed E-state index contributed by atoms with van der Waals surface area (Å²) >= 11 is 0. The van der Waals surface area contributed by atoms with Crippen LogP contribution in [0, 0.1) is 0 Å². The van der Waals surface area contributed by atoms with Crippen LogP contribution in [0.25, 0.3) is 0 Å². The Kier molecular flexibility index (Phi) is 6.61. The Morgan fingerprint density at radius 2 is 2.06 bits per heavy atom. The fraction of sp³-hybridized carbons (Fsp3) is 0.538. The standard InChI is InChI=1S/C13H21NO2/c1-2-12(15)11-14-9-6-10-16-13-7-4-3-5-8-13/h3-5,7-8,12,14-15H,2,6,9-11H2,1H3. The second kappa shape index (κ2) is 8.13. The first kappa shape index (κ1) is 13.0. The molecule has 2 N–H and O–H groups in total. The molecule has 0 saturated heterocycles. The fourth-order valence-corrected chi connectivity index (χ4v) is 1.32. The van der Waals surface area contributed by atoms with Crippen molar-refractivity contribution in [3.63, 3.8) is 0 Å². The molecule has 0 fully saturated rings. The van der Waals surface area contributed by atoms with E-state index in [1.165, 1.54) is 0 Å². The Bertz CT molecular complexity index is 264. The summed E-state index contributed by atoms with van der Waals surface area (Å²) in [5, 5.41) is 12.5. The highest BCUT2D eigenvalue weighted by Gasteiger charge is 1.98. The van der Waals surface area contributed by atoms with Crippen LogP contribution in [0.1, 0.15) is 19.8 Å². The van der Waals surface area contributed by atoms with Gasteiger partial charge in [-0.15, -0.1) is 0 Å². The van der Waals surface area contributed by atoms with Crippen molar-refractivity contribution in [3.8, 4) is 5.75 Å². The van der Waals surface area contributed by atoms with Crippen LogP contribution < -0.4 is 10.1 Å². The topological polar surface area (TPSA) is 41.5 Å². The molecule has 16 heavy (non-hydrogen) atoms. The number of aliphatic hydroxyl groups is 1. The maximum atomic E-state index is 9.30. The van der Waals surface area contributed by atoms with E-state index >= 15 is 0 Å². The number of para-hydroxylation sites is 1. The monoisotopic (exact) mass is 223 g/mol. The molecule has 0 heterocycles. The summed E-state index contributed by atoms with van der Waals surface area (Å²) in [6.07, 6.45) is 1.52. The largest absolute Gasteiger partial charge is 0.494 e. The number of nitrogens with one attached hydrogen (secondary N) is 1. The van der Waals surface area contributed by atoms with E-state index in [1.54, 1.807) is 0 Å². The van der Waals surface area contributed by atoms with Crippen LogP contribution >= 0.6 is 0 Å². The van der Waals surface area contributed by atoms with Crippen molar-refractivity contribution in [2.45, 2.75) is 25.9 Å². The second-order valence-electron chi connectivity index (χ2n) is 3.78. The Hall–Kier alpha value is -1.06. The normalized spacial score (nSPS) is 12.4. The Labute approximate surface area is 97.4 Å². The molecule has 0 bridgehead atoms. The lowest BCUT2D eigenvalue weighted by molar-refractivity contribution is 0.166. The number of hydrogen-bond donors (Lipinski definition) is 2. The van der Waals surface area contributed by atoms with E-state index in [9.17, 15) is 5.11 Å². The third kappa shape index (κ3) is 5.73. The van der Waals surface area contributed by atoms with Crippen molar-refractivity contribution in [3.05, 3.63) is 30.3 Å². The summed E-state index contributed by atoms with van der Waals surface area (Å²) in [7, 11) is 0. The number of rotatable bonds is 8. The maximum Gasteiger partial charge on any atom is 0.119 e. The van der Waals surface area contributed by atoms with Gasteiger partial charge in [0.1, 0.15) is 5.75 Å². The molecular formula is C13H21NO2. The molecule has 0 aliphatic rings. The van der Waals surface area contributed by atoms with Crippen molar-refractivity contribution >= 4 is 0 Å². The van der Waals surface area contributed by atoms with E-state index in [2.05, 4.69) is 5.32 Å². The minimum absolute atomic E-state index is 0.227. The summed E-state index contributed by atoms with van der Waals surface area (Å²) in [6.45, 7) is 4.23. The Morgan fingerprint density at radius 3 is 2.75 bits per heavy atom. The highest BCUT2D eigenvalue weighted by atomic mass is 16.5. The SMILES string of the molecule is CCC(O)CNCCCOc1ccccc1. The van der Waals surface area contributed by atoms with E-state index < -0.39 is 0 Å². The molecule has 3 heteroatoms. The van der Waals surface area contributed by atoms with E-state index in [4.69, 9.17) is 4.74 Å². The molecule has 90 valence electrons. The van der Waals surface area contributed by atoms with Gasteiger partial charge in [-0.1, -0.05) is 25.1 Å². The third-order valence-electron chi connectivity index (χ3n) is 2.36. The van der Waals surface area contributed by atoms with Gasteiger partial charge in [-0.2, -0.15) is 0 Å². The molecular weight excluding hydrogens is 202 g/mol. The third-order valence-corrected chi connectivity index (χ3v) is 2.36. The van der Waals surface area contributed by atoms with Gasteiger partial charge in [-0.25, -0.2) is 0 Å². The molecule has 0 radical (unpaired) electrons. The molecule has 0 aliphatic carbocycles. The van der Waals surface area contributed by atoms with Crippen LogP contribution in [0.4, 0.5) is 0 Å². The van der Waals surface area contributed by atoms with Crippen LogP contribution in [0.5, 0.6) is 5.75 Å². The number of ether oxygens (including phenoxy) is 1. The van der Waals surface area contributed by atoms with Gasteiger partial charge in [-0.3, -0.25) is 0 Å². The highest BCUT2D eigenvalue weighted by molar-refractivity contribution is 5.20. The summed E-state index contributed by atoms with van der Waals surface area (Å²) in [4.78, 5) is 0. The molecule has 1 aromatic rings. The average molecular weight is 223 g/mol. The molecule has 0 saturated carbocycles. The number of aliphatic hydroxyl groups excluding tert-OH is 1. The molecule has 0 spiro atoms. The van der Waals surface area contributed by atoms with Gasteiger partial charge < -0.3 is 15.2 Å². The summed E-state index contributed by atoms with van der Waals surface area (Å²) in [6, 6.07) is 9.81. The van der Waals surface area contributed by atoms with Gasteiger partial charge in [-0.05, 0) is 31.5 Å². The average Bonchev–Trinajstić information content (AvgIpc) is 2.34. The van der Waals surface area contributed by atoms with Crippen LogP contribution in [-0.4, -0.2) is 30.9 Å². The zero-order chi connectivity index (χ0) is 11.6. The van der Waals surface area contributed by atoms with Crippen molar-refractivity contribution in [2.75, 3.05) is 19.7 Å². The van der Waals surface area contributed by atoms with E-state index in [0.29, 0.717) is 13.2 Å². The molecule has 1 unspecified atom stereocenters. The predicted molar refractivity (Wildman–Crippen MR) is 65.7 cm³/mol. The summed E-state index contributed by atoms with van der Waals surface area (Å²) in [5.41, 5.74) is 0. The van der Waals surface area contributed by atoms with Gasteiger partial charge in [0, 0.05) is 6.54 Å². The molecule has 0 aliphatic heterocycles. The lowest BCUT2D eigenvalue weighted by Crippen LogP contribution is -2.27. The van der Waals surface area contributed by atoms with Crippen molar-refractivity contribution in [1.29, 1.82) is 0 Å². The van der Waals surface area contributed by atoms with Crippen molar-refractivity contribution < 1.29 is 9.84 Å².